The zero-order valence-electron chi connectivity index (χ0n) is 9.12. The Bertz CT molecular complexity index is 674. The number of nitrogens with zero attached hydrogens (tertiary/aromatic N) is 3. The fourth-order valence-corrected chi connectivity index (χ4v) is 1.49. The average Bonchev–Trinajstić information content (AvgIpc) is 2.66. The van der Waals surface area contributed by atoms with E-state index in [4.69, 9.17) is 12.2 Å². The van der Waals surface area contributed by atoms with Crippen molar-refractivity contribution in [2.45, 2.75) is 6.92 Å². The predicted molar refractivity (Wildman–Crippen MR) is 61.5 cm³/mol. The van der Waals surface area contributed by atoms with E-state index in [0.29, 0.717) is 5.82 Å². The van der Waals surface area contributed by atoms with Gasteiger partial charge in [-0.2, -0.15) is 14.9 Å². The standard InChI is InChI=1S/C10H7F3N4S/c1-5-15-16-10(18)17(5)14-4-6-2-3-7(11)9(13)8(6)12/h2-4H,1H3,(H,16,18)/b14-4+. The first-order chi connectivity index (χ1) is 8.50. The normalized spacial score (nSPS) is 11.3. The molecular weight excluding hydrogens is 265 g/mol. The monoisotopic (exact) mass is 272 g/mol. The lowest BCUT2D eigenvalue weighted by Gasteiger charge is -1.99. The number of halogens is 3. The average molecular weight is 272 g/mol. The maximum Gasteiger partial charge on any atom is 0.216 e. The molecule has 2 rings (SSSR count). The number of hydrogen-bond acceptors (Lipinski definition) is 3. The van der Waals surface area contributed by atoms with Gasteiger partial charge in [-0.25, -0.2) is 13.2 Å². The first-order valence-electron chi connectivity index (χ1n) is 4.82. The Balaban J connectivity index is 2.41. The van der Waals surface area contributed by atoms with E-state index in [9.17, 15) is 13.2 Å². The molecule has 0 radical (unpaired) electrons. The second-order valence-electron chi connectivity index (χ2n) is 3.40. The lowest BCUT2D eigenvalue weighted by atomic mass is 10.2. The Morgan fingerprint density at radius 2 is 2.06 bits per heavy atom. The van der Waals surface area contributed by atoms with Crippen molar-refractivity contribution in [3.05, 3.63) is 45.7 Å². The van der Waals surface area contributed by atoms with Gasteiger partial charge in [-0.3, -0.25) is 5.10 Å². The van der Waals surface area contributed by atoms with Crippen molar-refractivity contribution in [1.82, 2.24) is 14.9 Å². The summed E-state index contributed by atoms with van der Waals surface area (Å²) in [6, 6.07) is 1.90. The van der Waals surface area contributed by atoms with Crippen molar-refractivity contribution in [1.29, 1.82) is 0 Å². The van der Waals surface area contributed by atoms with Gasteiger partial charge in [0.25, 0.3) is 0 Å². The molecule has 8 heteroatoms. The predicted octanol–water partition coefficient (Wildman–Crippen LogP) is 2.55. The third-order valence-electron chi connectivity index (χ3n) is 2.19. The highest BCUT2D eigenvalue weighted by Crippen LogP contribution is 2.13. The number of hydrogen-bond donors (Lipinski definition) is 1. The van der Waals surface area contributed by atoms with Crippen molar-refractivity contribution in [2.75, 3.05) is 0 Å². The van der Waals surface area contributed by atoms with Gasteiger partial charge in [0, 0.05) is 5.56 Å². The first-order valence-corrected chi connectivity index (χ1v) is 5.23. The number of rotatable bonds is 2. The van der Waals surface area contributed by atoms with Crippen molar-refractivity contribution in [3.8, 4) is 0 Å². The molecule has 1 aromatic heterocycles. The Kier molecular flexibility index (Phi) is 3.28. The summed E-state index contributed by atoms with van der Waals surface area (Å²) < 4.78 is 40.4. The first kappa shape index (κ1) is 12.5. The van der Waals surface area contributed by atoms with Crippen LogP contribution in [-0.4, -0.2) is 21.1 Å². The van der Waals surface area contributed by atoms with E-state index >= 15 is 0 Å². The Labute approximate surface area is 105 Å². The molecule has 1 heterocycles. The molecule has 0 spiro atoms. The van der Waals surface area contributed by atoms with Crippen molar-refractivity contribution in [2.24, 2.45) is 5.10 Å². The molecule has 0 aliphatic heterocycles. The van der Waals surface area contributed by atoms with Crippen molar-refractivity contribution in [3.63, 3.8) is 0 Å². The van der Waals surface area contributed by atoms with Gasteiger partial charge in [0.1, 0.15) is 5.82 Å². The van der Waals surface area contributed by atoms with Gasteiger partial charge >= 0.3 is 0 Å². The molecule has 0 fully saturated rings. The molecular formula is C10H7F3N4S. The highest BCUT2D eigenvalue weighted by Gasteiger charge is 2.11. The zero-order valence-corrected chi connectivity index (χ0v) is 9.93. The van der Waals surface area contributed by atoms with Gasteiger partial charge < -0.3 is 0 Å². The van der Waals surface area contributed by atoms with Crippen LogP contribution < -0.4 is 0 Å². The van der Waals surface area contributed by atoms with Crippen LogP contribution in [0.2, 0.25) is 0 Å². The summed E-state index contributed by atoms with van der Waals surface area (Å²) >= 11 is 4.87. The molecule has 0 aliphatic rings. The Morgan fingerprint density at radius 3 is 2.67 bits per heavy atom. The van der Waals surface area contributed by atoms with E-state index in [1.807, 2.05) is 0 Å². The van der Waals surface area contributed by atoms with E-state index in [1.165, 1.54) is 4.68 Å². The summed E-state index contributed by atoms with van der Waals surface area (Å²) in [6.45, 7) is 1.63. The molecule has 1 aromatic carbocycles. The number of aryl methyl sites for hydroxylation is 1. The maximum absolute atomic E-state index is 13.3. The van der Waals surface area contributed by atoms with Crippen LogP contribution in [-0.2, 0) is 0 Å². The number of aromatic nitrogens is 3. The van der Waals surface area contributed by atoms with Gasteiger partial charge in [-0.15, -0.1) is 0 Å². The lowest BCUT2D eigenvalue weighted by molar-refractivity contribution is 0.446. The van der Waals surface area contributed by atoms with Gasteiger partial charge in [0.05, 0.1) is 6.21 Å². The minimum absolute atomic E-state index is 0.184. The maximum atomic E-state index is 13.3. The van der Waals surface area contributed by atoms with Crippen LogP contribution in [0.5, 0.6) is 0 Å². The van der Waals surface area contributed by atoms with Crippen LogP contribution in [0.15, 0.2) is 17.2 Å². The van der Waals surface area contributed by atoms with Crippen molar-refractivity contribution >= 4 is 18.4 Å². The topological polar surface area (TPSA) is 46.0 Å². The number of aromatic amines is 1. The third-order valence-corrected chi connectivity index (χ3v) is 2.45. The summed E-state index contributed by atoms with van der Waals surface area (Å²) in [6.07, 6.45) is 1.04. The molecule has 94 valence electrons. The molecule has 0 bridgehead atoms. The van der Waals surface area contributed by atoms with Crippen LogP contribution in [0.1, 0.15) is 11.4 Å². The number of benzene rings is 1. The second kappa shape index (κ2) is 4.73. The van der Waals surface area contributed by atoms with Crippen LogP contribution in [0.4, 0.5) is 13.2 Å². The molecule has 0 atom stereocenters. The summed E-state index contributed by atoms with van der Waals surface area (Å²) in [5, 5.41) is 10.1. The quantitative estimate of drug-likeness (QED) is 0.519. The van der Waals surface area contributed by atoms with Gasteiger partial charge in [-0.1, -0.05) is 0 Å². The van der Waals surface area contributed by atoms with Crippen LogP contribution in [0.3, 0.4) is 0 Å². The smallest absolute Gasteiger partial charge is 0.216 e. The van der Waals surface area contributed by atoms with Crippen molar-refractivity contribution < 1.29 is 13.2 Å². The number of nitrogens with one attached hydrogen (secondary N) is 1. The van der Waals surface area contributed by atoms with Gasteiger partial charge in [0.2, 0.25) is 4.77 Å². The molecule has 4 nitrogen and oxygen atoms in total. The lowest BCUT2D eigenvalue weighted by Crippen LogP contribution is -1.99. The molecule has 1 N–H and O–H groups in total. The summed E-state index contributed by atoms with van der Waals surface area (Å²) in [4.78, 5) is 0. The van der Waals surface area contributed by atoms with Crippen LogP contribution in [0.25, 0.3) is 0 Å². The summed E-state index contributed by atoms with van der Waals surface area (Å²) in [7, 11) is 0. The van der Waals surface area contributed by atoms with E-state index in [0.717, 1.165) is 18.3 Å². The molecule has 18 heavy (non-hydrogen) atoms. The Hall–Kier alpha value is -1.96. The highest BCUT2D eigenvalue weighted by atomic mass is 32.1. The minimum Gasteiger partial charge on any atom is -0.250 e. The minimum atomic E-state index is -1.54. The second-order valence-corrected chi connectivity index (χ2v) is 3.78. The molecule has 0 amide bonds. The SMILES string of the molecule is Cc1n[nH]c(=S)n1/N=C/c1ccc(F)c(F)c1F. The molecule has 0 saturated carbocycles. The fraction of sp³-hybridized carbons (Fsp3) is 0.100. The fourth-order valence-electron chi connectivity index (χ4n) is 1.27. The highest BCUT2D eigenvalue weighted by molar-refractivity contribution is 7.71. The van der Waals surface area contributed by atoms with Crippen LogP contribution in [0, 0.1) is 29.1 Å². The largest absolute Gasteiger partial charge is 0.250 e. The van der Waals surface area contributed by atoms with E-state index in [-0.39, 0.29) is 10.3 Å². The molecule has 0 saturated heterocycles. The molecule has 0 unspecified atom stereocenters. The number of H-pyrrole nitrogens is 1. The molecule has 0 aliphatic carbocycles. The van der Waals surface area contributed by atoms with E-state index in [1.54, 1.807) is 6.92 Å². The third kappa shape index (κ3) is 2.19. The van der Waals surface area contributed by atoms with E-state index < -0.39 is 17.5 Å². The van der Waals surface area contributed by atoms with Gasteiger partial charge in [0.15, 0.2) is 17.5 Å². The zero-order chi connectivity index (χ0) is 13.3. The Morgan fingerprint density at radius 1 is 1.33 bits per heavy atom. The van der Waals surface area contributed by atoms with Gasteiger partial charge in [-0.05, 0) is 31.3 Å². The summed E-state index contributed by atoms with van der Waals surface area (Å²) in [5.41, 5.74) is -0.184. The summed E-state index contributed by atoms with van der Waals surface area (Å²) in [5.74, 6) is -3.63. The van der Waals surface area contributed by atoms with E-state index in [2.05, 4.69) is 15.3 Å². The van der Waals surface area contributed by atoms with Crippen LogP contribution >= 0.6 is 12.2 Å². The molecule has 2 aromatic rings.